The van der Waals surface area contributed by atoms with Crippen LogP contribution < -0.4 is 10.9 Å². The molecule has 4 rings (SSSR count). The quantitative estimate of drug-likeness (QED) is 0.763. The van der Waals surface area contributed by atoms with Gasteiger partial charge in [-0.05, 0) is 50.0 Å². The number of thiophene rings is 1. The van der Waals surface area contributed by atoms with Gasteiger partial charge in [0.05, 0.1) is 11.7 Å². The molecule has 2 aromatic rings. The molecule has 1 atom stereocenters. The van der Waals surface area contributed by atoms with E-state index in [9.17, 15) is 14.4 Å². The number of hydrogen-bond acceptors (Lipinski definition) is 5. The minimum atomic E-state index is -0.144. The van der Waals surface area contributed by atoms with Crippen molar-refractivity contribution in [3.63, 3.8) is 0 Å². The zero-order valence-electron chi connectivity index (χ0n) is 17.6. The average molecular weight is 431 g/mol. The van der Waals surface area contributed by atoms with Crippen molar-refractivity contribution in [1.29, 1.82) is 0 Å². The van der Waals surface area contributed by atoms with Crippen LogP contribution in [0, 0.1) is 5.92 Å². The second kappa shape index (κ2) is 9.29. The number of aromatic nitrogens is 2. The van der Waals surface area contributed by atoms with E-state index in [0.29, 0.717) is 25.4 Å². The van der Waals surface area contributed by atoms with Crippen molar-refractivity contribution in [3.8, 4) is 0 Å². The average Bonchev–Trinajstić information content (AvgIpc) is 3.12. The van der Waals surface area contributed by atoms with Crippen LogP contribution in [0.2, 0.25) is 0 Å². The Morgan fingerprint density at radius 1 is 1.23 bits per heavy atom. The number of carbonyl (C=O) groups excluding carboxylic acids is 2. The summed E-state index contributed by atoms with van der Waals surface area (Å²) in [6.45, 7) is 4.45. The lowest BCUT2D eigenvalue weighted by Crippen LogP contribution is -2.40. The molecule has 30 heavy (non-hydrogen) atoms. The molecule has 0 radical (unpaired) electrons. The normalized spacial score (nSPS) is 19.0. The molecule has 0 aromatic carbocycles. The first-order chi connectivity index (χ1) is 14.5. The Balaban J connectivity index is 1.29. The Morgan fingerprint density at radius 3 is 2.90 bits per heavy atom. The number of aryl methyl sites for hydroxylation is 3. The van der Waals surface area contributed by atoms with Gasteiger partial charge in [0.2, 0.25) is 11.8 Å². The van der Waals surface area contributed by atoms with E-state index in [2.05, 4.69) is 17.2 Å². The van der Waals surface area contributed by atoms with Crippen LogP contribution in [0.4, 0.5) is 0 Å². The fraction of sp³-hybridized carbons (Fsp3) is 0.636. The monoisotopic (exact) mass is 430 g/mol. The van der Waals surface area contributed by atoms with Crippen LogP contribution in [0.5, 0.6) is 0 Å². The summed E-state index contributed by atoms with van der Waals surface area (Å²) in [7, 11) is 0. The van der Waals surface area contributed by atoms with Crippen molar-refractivity contribution in [1.82, 2.24) is 19.8 Å². The molecule has 1 unspecified atom stereocenters. The van der Waals surface area contributed by atoms with Gasteiger partial charge in [-0.15, -0.1) is 11.3 Å². The van der Waals surface area contributed by atoms with Gasteiger partial charge in [0.25, 0.3) is 5.56 Å². The van der Waals surface area contributed by atoms with Gasteiger partial charge in [0, 0.05) is 43.9 Å². The van der Waals surface area contributed by atoms with Gasteiger partial charge in [-0.2, -0.15) is 0 Å². The van der Waals surface area contributed by atoms with Crippen LogP contribution in [0.15, 0.2) is 11.1 Å². The molecule has 1 aliphatic carbocycles. The number of rotatable bonds is 6. The van der Waals surface area contributed by atoms with Gasteiger partial charge in [-0.3, -0.25) is 19.0 Å². The molecule has 1 N–H and O–H groups in total. The standard InChI is InChI=1S/C22H30N4O3S/c1-15-5-4-11-25(13-15)19(28)8-10-23-18(27)9-12-26-14-24-21-20(22(26)29)16-6-2-3-7-17(16)30-21/h14-15H,2-13H2,1H3,(H,23,27). The molecular formula is C22H30N4O3S. The molecule has 2 aliphatic rings. The summed E-state index contributed by atoms with van der Waals surface area (Å²) in [6, 6.07) is 0. The lowest BCUT2D eigenvalue weighted by molar-refractivity contribution is -0.132. The lowest BCUT2D eigenvalue weighted by atomic mass is 9.97. The molecule has 7 nitrogen and oxygen atoms in total. The molecule has 1 fully saturated rings. The van der Waals surface area contributed by atoms with Crippen LogP contribution >= 0.6 is 11.3 Å². The van der Waals surface area contributed by atoms with E-state index in [0.717, 1.165) is 49.0 Å². The van der Waals surface area contributed by atoms with Gasteiger partial charge in [0.15, 0.2) is 0 Å². The highest BCUT2D eigenvalue weighted by Crippen LogP contribution is 2.33. The molecule has 3 heterocycles. The zero-order valence-corrected chi connectivity index (χ0v) is 18.4. The van der Waals surface area contributed by atoms with Crippen molar-refractivity contribution in [2.24, 2.45) is 5.92 Å². The Bertz CT molecular complexity index is 996. The van der Waals surface area contributed by atoms with E-state index in [-0.39, 0.29) is 23.8 Å². The largest absolute Gasteiger partial charge is 0.356 e. The third kappa shape index (κ3) is 4.58. The molecule has 2 amide bonds. The van der Waals surface area contributed by atoms with Gasteiger partial charge < -0.3 is 10.2 Å². The van der Waals surface area contributed by atoms with E-state index in [1.165, 1.54) is 23.3 Å². The first kappa shape index (κ1) is 21.0. The number of hydrogen-bond donors (Lipinski definition) is 1. The van der Waals surface area contributed by atoms with Crippen LogP contribution in [0.1, 0.15) is 55.9 Å². The Labute approximate surface area is 180 Å². The summed E-state index contributed by atoms with van der Waals surface area (Å²) in [5, 5.41) is 3.56. The maximum absolute atomic E-state index is 12.9. The maximum atomic E-state index is 12.9. The fourth-order valence-electron chi connectivity index (χ4n) is 4.53. The predicted octanol–water partition coefficient (Wildman–Crippen LogP) is 2.49. The summed E-state index contributed by atoms with van der Waals surface area (Å²) in [5.41, 5.74) is 1.13. The van der Waals surface area contributed by atoms with E-state index in [1.54, 1.807) is 22.2 Å². The number of nitrogens with zero attached hydrogens (tertiary/aromatic N) is 3. The first-order valence-electron chi connectivity index (χ1n) is 11.1. The Morgan fingerprint density at radius 2 is 2.07 bits per heavy atom. The molecule has 0 saturated carbocycles. The number of likely N-dealkylation sites (tertiary alicyclic amines) is 1. The van der Waals surface area contributed by atoms with Crippen molar-refractivity contribution in [2.75, 3.05) is 19.6 Å². The van der Waals surface area contributed by atoms with Crippen molar-refractivity contribution >= 4 is 33.4 Å². The SMILES string of the molecule is CC1CCCN(C(=O)CCNC(=O)CCn2cnc3sc4c(c3c2=O)CCCC4)C1. The Hall–Kier alpha value is -2.22. The van der Waals surface area contributed by atoms with E-state index < -0.39 is 0 Å². The number of carbonyl (C=O) groups is 2. The number of fused-ring (bicyclic) bond motifs is 3. The molecular weight excluding hydrogens is 400 g/mol. The molecule has 162 valence electrons. The number of amides is 2. The second-order valence-electron chi connectivity index (χ2n) is 8.57. The summed E-state index contributed by atoms with van der Waals surface area (Å²) >= 11 is 1.63. The lowest BCUT2D eigenvalue weighted by Gasteiger charge is -2.31. The number of piperidine rings is 1. The van der Waals surface area contributed by atoms with Crippen molar-refractivity contribution in [2.45, 2.75) is 64.8 Å². The molecule has 0 bridgehead atoms. The zero-order chi connectivity index (χ0) is 21.1. The van der Waals surface area contributed by atoms with E-state index in [1.807, 2.05) is 4.90 Å². The molecule has 0 spiro atoms. The summed E-state index contributed by atoms with van der Waals surface area (Å²) < 4.78 is 1.55. The smallest absolute Gasteiger partial charge is 0.262 e. The second-order valence-corrected chi connectivity index (χ2v) is 9.65. The van der Waals surface area contributed by atoms with Gasteiger partial charge in [0.1, 0.15) is 4.83 Å². The van der Waals surface area contributed by atoms with Crippen LogP contribution in [0.25, 0.3) is 10.2 Å². The molecule has 1 saturated heterocycles. The highest BCUT2D eigenvalue weighted by atomic mass is 32.1. The van der Waals surface area contributed by atoms with Crippen molar-refractivity contribution < 1.29 is 9.59 Å². The minimum absolute atomic E-state index is 0.0402. The van der Waals surface area contributed by atoms with Crippen molar-refractivity contribution in [3.05, 3.63) is 27.1 Å². The third-order valence-electron chi connectivity index (χ3n) is 6.19. The fourth-order valence-corrected chi connectivity index (χ4v) is 5.75. The summed E-state index contributed by atoms with van der Waals surface area (Å²) in [5.74, 6) is 0.513. The van der Waals surface area contributed by atoms with Gasteiger partial charge in [-0.25, -0.2) is 4.98 Å². The predicted molar refractivity (Wildman–Crippen MR) is 118 cm³/mol. The summed E-state index contributed by atoms with van der Waals surface area (Å²) in [4.78, 5) is 45.9. The Kier molecular flexibility index (Phi) is 6.51. The summed E-state index contributed by atoms with van der Waals surface area (Å²) in [6.07, 6.45) is 8.59. The highest BCUT2D eigenvalue weighted by molar-refractivity contribution is 7.18. The minimum Gasteiger partial charge on any atom is -0.356 e. The third-order valence-corrected chi connectivity index (χ3v) is 7.39. The highest BCUT2D eigenvalue weighted by Gasteiger charge is 2.21. The van der Waals surface area contributed by atoms with E-state index >= 15 is 0 Å². The topological polar surface area (TPSA) is 84.3 Å². The molecule has 8 heteroatoms. The van der Waals surface area contributed by atoms with Crippen LogP contribution in [-0.2, 0) is 29.0 Å². The van der Waals surface area contributed by atoms with Crippen LogP contribution in [0.3, 0.4) is 0 Å². The first-order valence-corrected chi connectivity index (χ1v) is 11.9. The number of nitrogens with one attached hydrogen (secondary N) is 1. The van der Waals surface area contributed by atoms with E-state index in [4.69, 9.17) is 0 Å². The molecule has 1 aliphatic heterocycles. The van der Waals surface area contributed by atoms with Crippen LogP contribution in [-0.4, -0.2) is 45.9 Å². The van der Waals surface area contributed by atoms with Gasteiger partial charge in [-0.1, -0.05) is 6.92 Å². The maximum Gasteiger partial charge on any atom is 0.262 e. The van der Waals surface area contributed by atoms with Gasteiger partial charge >= 0.3 is 0 Å². The molecule has 2 aromatic heterocycles.